The maximum absolute atomic E-state index is 11.2. The number of nitrogens with zero attached hydrogens (tertiary/aromatic N) is 1. The van der Waals surface area contributed by atoms with Crippen molar-refractivity contribution in [2.75, 3.05) is 44.9 Å². The lowest BCUT2D eigenvalue weighted by Crippen LogP contribution is -2.40. The van der Waals surface area contributed by atoms with Crippen LogP contribution in [0, 0.1) is 0 Å². The Bertz CT molecular complexity index is 347. The van der Waals surface area contributed by atoms with Crippen molar-refractivity contribution in [3.8, 4) is 0 Å². The standard InChI is InChI=1S/C11H19NO6S/c1-17-10(13)2-3-11(14)18-7-4-12-5-8-19(15,16)9-6-12/h2-3,15-16H,4-9H2,1H3/b3-2+. The monoisotopic (exact) mass is 293 g/mol. The molecule has 1 aliphatic heterocycles. The number of carbonyl (C=O) groups is 2. The van der Waals surface area contributed by atoms with E-state index < -0.39 is 22.5 Å². The molecule has 110 valence electrons. The van der Waals surface area contributed by atoms with Crippen LogP contribution in [0.15, 0.2) is 12.2 Å². The molecule has 2 N–H and O–H groups in total. The third-order valence-electron chi connectivity index (χ3n) is 2.68. The molecule has 0 aromatic heterocycles. The van der Waals surface area contributed by atoms with Crippen LogP contribution in [-0.2, 0) is 19.1 Å². The van der Waals surface area contributed by atoms with Crippen molar-refractivity contribution in [1.29, 1.82) is 0 Å². The molecular weight excluding hydrogens is 274 g/mol. The van der Waals surface area contributed by atoms with Crippen LogP contribution < -0.4 is 0 Å². The highest BCUT2D eigenvalue weighted by atomic mass is 32.3. The summed E-state index contributed by atoms with van der Waals surface area (Å²) >= 11 is 0. The van der Waals surface area contributed by atoms with E-state index in [1.165, 1.54) is 7.11 Å². The minimum atomic E-state index is -2.39. The van der Waals surface area contributed by atoms with Crippen molar-refractivity contribution in [2.24, 2.45) is 0 Å². The van der Waals surface area contributed by atoms with E-state index in [1.807, 2.05) is 4.90 Å². The Balaban J connectivity index is 2.16. The molecule has 0 unspecified atom stereocenters. The molecule has 0 aromatic rings. The molecule has 0 saturated carbocycles. The zero-order valence-electron chi connectivity index (χ0n) is 10.8. The van der Waals surface area contributed by atoms with Gasteiger partial charge in [-0.15, -0.1) is 0 Å². The summed E-state index contributed by atoms with van der Waals surface area (Å²) < 4.78 is 28.1. The normalized spacial score (nSPS) is 21.0. The van der Waals surface area contributed by atoms with Gasteiger partial charge in [-0.2, -0.15) is 10.6 Å². The number of hydrogen-bond donors (Lipinski definition) is 2. The number of rotatable bonds is 5. The molecule has 0 aromatic carbocycles. The fourth-order valence-electron chi connectivity index (χ4n) is 1.52. The molecule has 19 heavy (non-hydrogen) atoms. The minimum Gasteiger partial charge on any atom is -0.466 e. The first kappa shape index (κ1) is 16.0. The van der Waals surface area contributed by atoms with Crippen molar-refractivity contribution >= 4 is 22.5 Å². The summed E-state index contributed by atoms with van der Waals surface area (Å²) in [5.41, 5.74) is 0. The van der Waals surface area contributed by atoms with Gasteiger partial charge in [0.15, 0.2) is 0 Å². The van der Waals surface area contributed by atoms with Gasteiger partial charge < -0.3 is 9.47 Å². The molecule has 1 heterocycles. The molecule has 1 rings (SSSR count). The highest BCUT2D eigenvalue weighted by molar-refractivity contribution is 8.24. The van der Waals surface area contributed by atoms with Gasteiger partial charge in [0.05, 0.1) is 18.6 Å². The van der Waals surface area contributed by atoms with Crippen molar-refractivity contribution in [2.45, 2.75) is 0 Å². The fraction of sp³-hybridized carbons (Fsp3) is 0.636. The number of hydrogen-bond acceptors (Lipinski definition) is 7. The maximum atomic E-state index is 11.2. The van der Waals surface area contributed by atoms with E-state index in [0.29, 0.717) is 31.1 Å². The topological polar surface area (TPSA) is 96.3 Å². The van der Waals surface area contributed by atoms with Gasteiger partial charge in [0.2, 0.25) is 0 Å². The molecule has 0 aliphatic carbocycles. The Morgan fingerprint density at radius 2 is 1.79 bits per heavy atom. The van der Waals surface area contributed by atoms with Crippen molar-refractivity contribution in [3.05, 3.63) is 12.2 Å². The number of carbonyl (C=O) groups excluding carboxylic acids is 2. The van der Waals surface area contributed by atoms with Gasteiger partial charge >= 0.3 is 11.9 Å². The van der Waals surface area contributed by atoms with Gasteiger partial charge in [-0.25, -0.2) is 9.59 Å². The van der Waals surface area contributed by atoms with Crippen LogP contribution in [0.1, 0.15) is 0 Å². The van der Waals surface area contributed by atoms with Crippen LogP contribution in [-0.4, -0.2) is 70.8 Å². The predicted octanol–water partition coefficient (Wildman–Crippen LogP) is 0.325. The van der Waals surface area contributed by atoms with Crippen molar-refractivity contribution in [3.63, 3.8) is 0 Å². The van der Waals surface area contributed by atoms with Crippen LogP contribution in [0.4, 0.5) is 0 Å². The van der Waals surface area contributed by atoms with E-state index in [4.69, 9.17) is 4.74 Å². The summed E-state index contributed by atoms with van der Waals surface area (Å²) in [4.78, 5) is 23.9. The lowest BCUT2D eigenvalue weighted by atomic mass is 10.4. The average Bonchev–Trinajstić information content (AvgIpc) is 2.38. The first-order valence-corrected chi connectivity index (χ1v) is 7.70. The molecule has 1 saturated heterocycles. The molecule has 0 spiro atoms. The maximum Gasteiger partial charge on any atom is 0.331 e. The zero-order valence-corrected chi connectivity index (χ0v) is 11.6. The van der Waals surface area contributed by atoms with E-state index in [0.717, 1.165) is 12.2 Å². The SMILES string of the molecule is COC(=O)/C=C/C(=O)OCCN1CCS(O)(O)CC1. The molecule has 0 amide bonds. The number of esters is 2. The van der Waals surface area contributed by atoms with E-state index in [9.17, 15) is 18.7 Å². The minimum absolute atomic E-state index is 0.198. The fourth-order valence-corrected chi connectivity index (χ4v) is 2.82. The zero-order chi connectivity index (χ0) is 14.3. The second-order valence-electron chi connectivity index (χ2n) is 4.08. The van der Waals surface area contributed by atoms with Gasteiger partial charge in [0.25, 0.3) is 0 Å². The quantitative estimate of drug-likeness (QED) is 0.557. The molecule has 0 bridgehead atoms. The average molecular weight is 293 g/mol. The van der Waals surface area contributed by atoms with E-state index >= 15 is 0 Å². The number of methoxy groups -OCH3 is 1. The second kappa shape index (κ2) is 7.49. The van der Waals surface area contributed by atoms with E-state index in [-0.39, 0.29) is 6.61 Å². The molecule has 1 aliphatic rings. The Labute approximate surface area is 113 Å². The molecule has 7 nitrogen and oxygen atoms in total. The largest absolute Gasteiger partial charge is 0.466 e. The predicted molar refractivity (Wildman–Crippen MR) is 71.1 cm³/mol. The third-order valence-corrected chi connectivity index (χ3v) is 4.35. The first-order chi connectivity index (χ1) is 8.93. The summed E-state index contributed by atoms with van der Waals surface area (Å²) in [6.45, 7) is 1.90. The Morgan fingerprint density at radius 1 is 1.21 bits per heavy atom. The van der Waals surface area contributed by atoms with E-state index in [2.05, 4.69) is 4.74 Å². The molecule has 1 fully saturated rings. The summed E-state index contributed by atoms with van der Waals surface area (Å²) in [6, 6.07) is 0. The molecule has 0 atom stereocenters. The molecule has 8 heteroatoms. The number of ether oxygens (including phenoxy) is 2. The van der Waals surface area contributed by atoms with Crippen LogP contribution in [0.2, 0.25) is 0 Å². The van der Waals surface area contributed by atoms with Gasteiger partial charge in [0.1, 0.15) is 6.61 Å². The smallest absolute Gasteiger partial charge is 0.331 e. The first-order valence-electron chi connectivity index (χ1n) is 5.82. The lowest BCUT2D eigenvalue weighted by Gasteiger charge is -2.40. The summed E-state index contributed by atoms with van der Waals surface area (Å²) in [7, 11) is -1.17. The molecule has 0 radical (unpaired) electrons. The lowest BCUT2D eigenvalue weighted by molar-refractivity contribution is -0.139. The Hall–Kier alpha value is -1.09. The van der Waals surface area contributed by atoms with Crippen LogP contribution in [0.25, 0.3) is 0 Å². The van der Waals surface area contributed by atoms with E-state index in [1.54, 1.807) is 0 Å². The highest BCUT2D eigenvalue weighted by Gasteiger charge is 2.21. The Kier molecular flexibility index (Phi) is 6.29. The molecular formula is C11H19NO6S. The summed E-state index contributed by atoms with van der Waals surface area (Å²) in [5.74, 6) is -0.489. The van der Waals surface area contributed by atoms with Crippen LogP contribution in [0.3, 0.4) is 0 Å². The summed E-state index contributed by atoms with van der Waals surface area (Å²) in [5, 5.41) is 0. The van der Waals surface area contributed by atoms with Crippen molar-refractivity contribution in [1.82, 2.24) is 4.90 Å². The van der Waals surface area contributed by atoms with Crippen LogP contribution in [0.5, 0.6) is 0 Å². The van der Waals surface area contributed by atoms with Crippen molar-refractivity contribution < 1.29 is 28.2 Å². The van der Waals surface area contributed by atoms with Gasteiger partial charge in [-0.3, -0.25) is 14.0 Å². The van der Waals surface area contributed by atoms with Gasteiger partial charge in [0, 0.05) is 31.8 Å². The van der Waals surface area contributed by atoms with Gasteiger partial charge in [-0.1, -0.05) is 0 Å². The second-order valence-corrected chi connectivity index (χ2v) is 6.50. The third kappa shape index (κ3) is 6.58. The van der Waals surface area contributed by atoms with Gasteiger partial charge in [-0.05, 0) is 0 Å². The summed E-state index contributed by atoms with van der Waals surface area (Å²) in [6.07, 6.45) is 2.01. The highest BCUT2D eigenvalue weighted by Crippen LogP contribution is 2.40. The van der Waals surface area contributed by atoms with Crippen LogP contribution >= 0.6 is 10.6 Å². The Morgan fingerprint density at radius 3 is 2.37 bits per heavy atom.